The Labute approximate surface area is 450 Å². The molecule has 0 atom stereocenters. The quantitative estimate of drug-likeness (QED) is 0.00632. The molecular formula is C45H36ClN13O15S4. The van der Waals surface area contributed by atoms with Crippen molar-refractivity contribution in [3.63, 3.8) is 0 Å². The van der Waals surface area contributed by atoms with Gasteiger partial charge in [-0.05, 0) is 121 Å². The van der Waals surface area contributed by atoms with Crippen LogP contribution < -0.4 is 21.2 Å². The number of sulfonamides is 1. The first-order valence-electron chi connectivity index (χ1n) is 21.7. The van der Waals surface area contributed by atoms with Crippen molar-refractivity contribution in [3.05, 3.63) is 138 Å². The number of phenolic OH excluding ortho intramolecular Hbond substituents is 1. The van der Waals surface area contributed by atoms with Gasteiger partial charge in [0, 0.05) is 22.5 Å². The highest BCUT2D eigenvalue weighted by Crippen LogP contribution is 2.42. The fraction of sp³-hybridized carbons (Fsp3) is 0.0667. The number of aromatic carboxylic acids is 1. The van der Waals surface area contributed by atoms with Gasteiger partial charge in [-0.25, -0.2) is 31.9 Å². The van der Waals surface area contributed by atoms with Crippen molar-refractivity contribution in [2.24, 2.45) is 30.6 Å². The van der Waals surface area contributed by atoms with E-state index in [1.165, 1.54) is 72.8 Å². The van der Waals surface area contributed by atoms with Crippen LogP contribution in [-0.2, 0) is 48.3 Å². The zero-order chi connectivity index (χ0) is 55.6. The Balaban J connectivity index is 0.874. The topological polar surface area (TPSA) is 412 Å². The number of halogens is 1. The standard InChI is InChI=1S/C45H36ClN13O15S4/c46-43-50-44(52-45(51-43)49-35-4-2-1-3-33(35)42(61)62)48-28-11-20-39(71-24-28)57-54-25-5-7-27(8-6-25)59-77(66,67)29-12-9-26(10-13-29)53-56-37-19-16-31-32(41(37)60)15-17-34(47)40(31)58-55-36-18-14-30(23-38(36)78(68,69)70)76(64,65)22-21-72-75-74-73-63/h1-20,23,54,59-60,63H,21-22,24,47H2,(H,61,62)(H,68,69,70)(H,49,50,51,52). The molecule has 0 amide bonds. The highest BCUT2D eigenvalue weighted by atomic mass is 35.5. The largest absolute Gasteiger partial charge is 0.505 e. The number of nitrogens with one attached hydrogen (secondary N) is 3. The van der Waals surface area contributed by atoms with Crippen LogP contribution in [0.4, 0.5) is 57.4 Å². The number of sulfone groups is 1. The highest BCUT2D eigenvalue weighted by Gasteiger charge is 2.23. The molecule has 1 aliphatic heterocycles. The smallest absolute Gasteiger partial charge is 0.337 e. The van der Waals surface area contributed by atoms with Crippen molar-refractivity contribution in [1.29, 1.82) is 0 Å². The lowest BCUT2D eigenvalue weighted by Gasteiger charge is -2.12. The first-order valence-corrected chi connectivity index (χ1v) is 27.3. The van der Waals surface area contributed by atoms with Crippen LogP contribution in [0, 0.1) is 0 Å². The molecule has 6 aromatic carbocycles. The van der Waals surface area contributed by atoms with Crippen LogP contribution in [0.25, 0.3) is 10.8 Å². The minimum absolute atomic E-state index is 0.00326. The molecule has 0 saturated carbocycles. The second kappa shape index (κ2) is 24.2. The van der Waals surface area contributed by atoms with Crippen molar-refractivity contribution in [3.8, 4) is 5.75 Å². The van der Waals surface area contributed by atoms with Crippen molar-refractivity contribution in [1.82, 2.24) is 15.0 Å². The number of hydrazone groups is 1. The van der Waals surface area contributed by atoms with E-state index in [1.54, 1.807) is 36.4 Å². The molecule has 28 nitrogen and oxygen atoms in total. The summed E-state index contributed by atoms with van der Waals surface area (Å²) in [6, 6.07) is 26.1. The first-order chi connectivity index (χ1) is 37.3. The maximum Gasteiger partial charge on any atom is 0.337 e. The predicted octanol–water partition coefficient (Wildman–Crippen LogP) is 9.15. The second-order valence-corrected chi connectivity index (χ2v) is 21.6. The van der Waals surface area contributed by atoms with Crippen LogP contribution in [-0.4, -0.2) is 96.8 Å². The number of para-hydroxylation sites is 1. The number of rotatable bonds is 21. The van der Waals surface area contributed by atoms with E-state index in [-0.39, 0.29) is 103 Å². The third-order valence-electron chi connectivity index (χ3n) is 10.4. The first kappa shape index (κ1) is 55.7. The van der Waals surface area contributed by atoms with Crippen LogP contribution in [0.5, 0.6) is 5.75 Å². The highest BCUT2D eigenvalue weighted by molar-refractivity contribution is 7.92. The number of azo groups is 2. The van der Waals surface area contributed by atoms with Gasteiger partial charge < -0.3 is 26.0 Å². The molecule has 1 aliphatic rings. The Morgan fingerprint density at radius 3 is 2.23 bits per heavy atom. The van der Waals surface area contributed by atoms with Crippen LogP contribution in [0.2, 0.25) is 5.28 Å². The zero-order valence-electron chi connectivity index (χ0n) is 39.1. The van der Waals surface area contributed by atoms with Crippen LogP contribution in [0.15, 0.2) is 173 Å². The Morgan fingerprint density at radius 2 is 1.51 bits per heavy atom. The molecule has 9 N–H and O–H groups in total. The van der Waals surface area contributed by atoms with E-state index in [9.17, 15) is 44.8 Å². The summed E-state index contributed by atoms with van der Waals surface area (Å²) in [5.41, 5.74) is 10.1. The number of anilines is 5. The van der Waals surface area contributed by atoms with Gasteiger partial charge in [0.1, 0.15) is 28.6 Å². The summed E-state index contributed by atoms with van der Waals surface area (Å²) in [4.78, 5) is 26.6. The monoisotopic (exact) mass is 1160 g/mol. The average Bonchev–Trinajstić information content (AvgIpc) is 3.48. The normalized spacial score (nSPS) is 14.1. The molecule has 402 valence electrons. The number of nitrogens with two attached hydrogens (primary N) is 1. The van der Waals surface area contributed by atoms with Gasteiger partial charge in [0.2, 0.25) is 17.1 Å². The van der Waals surface area contributed by atoms with E-state index in [2.05, 4.69) is 70.3 Å². The van der Waals surface area contributed by atoms with Gasteiger partial charge in [-0.3, -0.25) is 18.9 Å². The molecule has 0 unspecified atom stereocenters. The molecular weight excluding hydrogens is 1130 g/mol. The number of carboxylic acid groups (broad SMARTS) is 1. The third kappa shape index (κ3) is 14.1. The molecule has 1 aromatic heterocycles. The van der Waals surface area contributed by atoms with E-state index in [4.69, 9.17) is 31.5 Å². The van der Waals surface area contributed by atoms with Gasteiger partial charge in [0.25, 0.3) is 26.1 Å². The van der Waals surface area contributed by atoms with Crippen LogP contribution in [0.1, 0.15) is 10.4 Å². The number of ether oxygens (including phenoxy) is 1. The van der Waals surface area contributed by atoms with Gasteiger partial charge >= 0.3 is 5.97 Å². The maximum atomic E-state index is 13.3. The van der Waals surface area contributed by atoms with E-state index >= 15 is 0 Å². The molecule has 7 aromatic rings. The molecule has 0 bridgehead atoms. The molecule has 33 heteroatoms. The average molecular weight is 1160 g/mol. The number of fused-ring (bicyclic) bond motifs is 1. The molecule has 2 heterocycles. The van der Waals surface area contributed by atoms with E-state index in [0.29, 0.717) is 17.5 Å². The number of phenols is 1. The second-order valence-electron chi connectivity index (χ2n) is 15.6. The molecule has 8 rings (SSSR count). The Hall–Kier alpha value is -8.57. The number of benzene rings is 6. The number of aromatic nitrogens is 3. The van der Waals surface area contributed by atoms with Gasteiger partial charge in [-0.15, -0.1) is 24.8 Å². The summed E-state index contributed by atoms with van der Waals surface area (Å²) in [7, 11) is -13.3. The Bertz CT molecular complexity index is 3950. The molecule has 0 fully saturated rings. The van der Waals surface area contributed by atoms with Crippen molar-refractivity contribution in [2.45, 2.75) is 14.7 Å². The number of carbonyl (C=O) groups is 1. The summed E-state index contributed by atoms with van der Waals surface area (Å²) in [6.07, 6.45) is 3.15. The van der Waals surface area contributed by atoms with Crippen molar-refractivity contribution >= 4 is 140 Å². The molecule has 0 saturated heterocycles. The van der Waals surface area contributed by atoms with Gasteiger partial charge in [0.15, 0.2) is 27.9 Å². The number of hydrogen-bond donors (Lipinski definition) is 8. The summed E-state index contributed by atoms with van der Waals surface area (Å²) >= 11 is 6.22. The number of aromatic hydroxyl groups is 1. The summed E-state index contributed by atoms with van der Waals surface area (Å²) < 4.78 is 104. The maximum absolute atomic E-state index is 13.3. The van der Waals surface area contributed by atoms with Crippen LogP contribution in [0.3, 0.4) is 0 Å². The van der Waals surface area contributed by atoms with Gasteiger partial charge in [-0.2, -0.15) is 28.5 Å². The number of nitrogen functional groups attached to an aromatic ring is 1. The molecule has 0 aliphatic carbocycles. The van der Waals surface area contributed by atoms with E-state index in [1.807, 2.05) is 0 Å². The predicted molar refractivity (Wildman–Crippen MR) is 283 cm³/mol. The summed E-state index contributed by atoms with van der Waals surface area (Å²) in [5, 5.41) is 55.6. The molecule has 0 radical (unpaired) electrons. The number of nitrogens with zero attached hydrogens (tertiary/aromatic N) is 9. The fourth-order valence-electron chi connectivity index (χ4n) is 6.75. The van der Waals surface area contributed by atoms with Gasteiger partial charge in [0.05, 0.1) is 56.2 Å². The summed E-state index contributed by atoms with van der Waals surface area (Å²) in [6.45, 7) is -0.484. The lowest BCUT2D eigenvalue weighted by Crippen LogP contribution is -2.17. The van der Waals surface area contributed by atoms with Gasteiger partial charge in [-0.1, -0.05) is 17.2 Å². The Kier molecular flexibility index (Phi) is 17.3. The molecule has 78 heavy (non-hydrogen) atoms. The minimum atomic E-state index is -5.06. The zero-order valence-corrected chi connectivity index (χ0v) is 43.2. The lowest BCUT2D eigenvalue weighted by molar-refractivity contribution is -0.434. The van der Waals surface area contributed by atoms with Crippen LogP contribution >= 0.6 is 23.9 Å². The van der Waals surface area contributed by atoms with Crippen molar-refractivity contribution < 1.29 is 68.4 Å². The Morgan fingerprint density at radius 1 is 0.808 bits per heavy atom. The minimum Gasteiger partial charge on any atom is -0.505 e. The summed E-state index contributed by atoms with van der Waals surface area (Å²) in [5.74, 6) is -2.06. The van der Waals surface area contributed by atoms with Crippen molar-refractivity contribution in [2.75, 3.05) is 40.2 Å². The SMILES string of the molecule is Nc1ccc2c(O)c(N=Nc3ccc(S(=O)(=O)Nc4ccc(NN=C5C=CC(=Nc6nc(Cl)nc(Nc7ccccc7C(=O)O)n6)CO5)cc4)cc3)ccc2c1N=Nc1ccc(S(=O)(=O)CCOSOOO)cc1S(=O)(=O)O. The number of hydrogen-bond acceptors (Lipinski definition) is 26. The van der Waals surface area contributed by atoms with E-state index in [0.717, 1.165) is 12.1 Å². The van der Waals surface area contributed by atoms with E-state index < -0.39 is 63.8 Å². The lowest BCUT2D eigenvalue weighted by atomic mass is 10.1. The fourth-order valence-corrected chi connectivity index (χ4v) is 10.1. The molecule has 0 spiro atoms. The third-order valence-corrected chi connectivity index (χ3v) is 14.9. The number of carboxylic acids is 1. The number of aliphatic imine (C=N–C) groups is 1.